The summed E-state index contributed by atoms with van der Waals surface area (Å²) in [6, 6.07) is 16.8. The van der Waals surface area contributed by atoms with Gasteiger partial charge in [0.2, 0.25) is 0 Å². The number of carboxylic acids is 1. The van der Waals surface area contributed by atoms with Gasteiger partial charge in [-0.2, -0.15) is 0 Å². The third-order valence-corrected chi connectivity index (χ3v) is 10.2. The Balaban J connectivity index is 1.53. The first-order valence-corrected chi connectivity index (χ1v) is 17.1. The summed E-state index contributed by atoms with van der Waals surface area (Å²) in [5, 5.41) is 8.98. The standard InChI is InChI=1S/C35H47N2O5P/c1-6-42-43(40,41)26-25-37-30-20-15-13-18-28(30)35(4,5)32(37)22-10-7-9-21-31-34(2,3)27-17-12-14-19-29(27)36(31)24-16-8-11-23-33(38)39/h7,9-10,12-15,17-22,32H,6,8,11,16,23-26H2,1-5H3,(H,38,39)(H,40,41). The molecule has 2 unspecified atom stereocenters. The van der Waals surface area contributed by atoms with Crippen molar-refractivity contribution >= 4 is 24.9 Å². The first-order chi connectivity index (χ1) is 20.4. The Hall–Kier alpha value is -3.12. The molecule has 232 valence electrons. The van der Waals surface area contributed by atoms with Gasteiger partial charge in [-0.3, -0.25) is 9.36 Å². The average Bonchev–Trinajstić information content (AvgIpc) is 3.30. The molecule has 2 aromatic rings. The molecule has 2 aliphatic heterocycles. The second-order valence-electron chi connectivity index (χ2n) is 12.5. The smallest absolute Gasteiger partial charge is 0.329 e. The van der Waals surface area contributed by atoms with Crippen LogP contribution in [0.5, 0.6) is 0 Å². The number of hydrogen-bond acceptors (Lipinski definition) is 5. The molecule has 0 bridgehead atoms. The second kappa shape index (κ2) is 13.7. The zero-order valence-electron chi connectivity index (χ0n) is 26.2. The van der Waals surface area contributed by atoms with E-state index >= 15 is 0 Å². The van der Waals surface area contributed by atoms with Crippen LogP contribution in [0, 0.1) is 0 Å². The first kappa shape index (κ1) is 32.8. The Morgan fingerprint density at radius 3 is 2.30 bits per heavy atom. The second-order valence-corrected chi connectivity index (χ2v) is 14.5. The van der Waals surface area contributed by atoms with Crippen molar-refractivity contribution in [2.24, 2.45) is 0 Å². The average molecular weight is 607 g/mol. The van der Waals surface area contributed by atoms with Crippen molar-refractivity contribution in [3.8, 4) is 0 Å². The predicted octanol–water partition coefficient (Wildman–Crippen LogP) is 7.81. The molecular formula is C35H47N2O5P. The number of fused-ring (bicyclic) bond motifs is 2. The Bertz CT molecular complexity index is 1430. The van der Waals surface area contributed by atoms with E-state index in [-0.39, 0.29) is 36.1 Å². The maximum atomic E-state index is 12.5. The summed E-state index contributed by atoms with van der Waals surface area (Å²) in [5.74, 6) is -0.738. The van der Waals surface area contributed by atoms with E-state index in [9.17, 15) is 14.3 Å². The molecule has 2 aromatic carbocycles. The molecule has 2 atom stereocenters. The summed E-state index contributed by atoms with van der Waals surface area (Å²) in [4.78, 5) is 25.8. The molecule has 0 spiro atoms. The van der Waals surface area contributed by atoms with E-state index in [1.54, 1.807) is 6.92 Å². The van der Waals surface area contributed by atoms with Crippen molar-refractivity contribution in [2.75, 3.05) is 35.7 Å². The monoisotopic (exact) mass is 606 g/mol. The van der Waals surface area contributed by atoms with E-state index in [1.165, 1.54) is 22.5 Å². The van der Waals surface area contributed by atoms with Gasteiger partial charge in [0.1, 0.15) is 0 Å². The quantitative estimate of drug-likeness (QED) is 0.129. The molecule has 0 saturated heterocycles. The number of para-hydroxylation sites is 2. The Kier molecular flexibility index (Phi) is 10.4. The maximum Gasteiger partial charge on any atom is 0.329 e. The minimum absolute atomic E-state index is 0.0123. The first-order valence-electron chi connectivity index (χ1n) is 15.4. The van der Waals surface area contributed by atoms with Crippen LogP contribution in [-0.4, -0.2) is 47.9 Å². The molecule has 2 aliphatic rings. The lowest BCUT2D eigenvalue weighted by molar-refractivity contribution is -0.137. The lowest BCUT2D eigenvalue weighted by atomic mass is 9.80. The lowest BCUT2D eigenvalue weighted by Crippen LogP contribution is -2.41. The molecule has 0 aromatic heterocycles. The fraction of sp³-hybridized carbons (Fsp3) is 0.457. The van der Waals surface area contributed by atoms with E-state index < -0.39 is 13.6 Å². The number of benzene rings is 2. The minimum Gasteiger partial charge on any atom is -0.481 e. The van der Waals surface area contributed by atoms with Crippen molar-refractivity contribution in [3.05, 3.63) is 95.7 Å². The predicted molar refractivity (Wildman–Crippen MR) is 176 cm³/mol. The number of carboxylic acid groups (broad SMARTS) is 1. The van der Waals surface area contributed by atoms with Crippen LogP contribution in [0.4, 0.5) is 11.4 Å². The fourth-order valence-electron chi connectivity index (χ4n) is 6.56. The third kappa shape index (κ3) is 7.34. The Labute approximate surface area is 257 Å². The SMILES string of the molecule is CCOP(=O)(O)CCN1c2ccccc2C(C)(C)C1C=CC=CC=C1N(CCCCCC(=O)O)c2ccccc2C1(C)C. The molecule has 8 heteroatoms. The summed E-state index contributed by atoms with van der Waals surface area (Å²) < 4.78 is 17.6. The summed E-state index contributed by atoms with van der Waals surface area (Å²) in [7, 11) is -3.65. The normalized spacial score (nSPS) is 21.1. The molecule has 2 N–H and O–H groups in total. The van der Waals surface area contributed by atoms with Crippen LogP contribution in [-0.2, 0) is 24.7 Å². The molecule has 0 aliphatic carbocycles. The van der Waals surface area contributed by atoms with Gasteiger partial charge in [0.15, 0.2) is 0 Å². The molecule has 0 radical (unpaired) electrons. The van der Waals surface area contributed by atoms with Crippen LogP contribution in [0.2, 0.25) is 0 Å². The largest absolute Gasteiger partial charge is 0.481 e. The van der Waals surface area contributed by atoms with Crippen LogP contribution >= 0.6 is 7.60 Å². The van der Waals surface area contributed by atoms with Gasteiger partial charge < -0.3 is 24.3 Å². The zero-order valence-corrected chi connectivity index (χ0v) is 27.1. The van der Waals surface area contributed by atoms with Crippen LogP contribution in [0.1, 0.15) is 71.4 Å². The van der Waals surface area contributed by atoms with Gasteiger partial charge in [0.25, 0.3) is 0 Å². The van der Waals surface area contributed by atoms with Gasteiger partial charge in [-0.1, -0.05) is 94.8 Å². The van der Waals surface area contributed by atoms with Crippen LogP contribution in [0.3, 0.4) is 0 Å². The van der Waals surface area contributed by atoms with Crippen molar-refractivity contribution < 1.29 is 23.9 Å². The number of unbranched alkanes of at least 4 members (excludes halogenated alkanes) is 2. The number of anilines is 2. The van der Waals surface area contributed by atoms with E-state index in [4.69, 9.17) is 9.63 Å². The van der Waals surface area contributed by atoms with Crippen molar-refractivity contribution in [1.29, 1.82) is 0 Å². The van der Waals surface area contributed by atoms with Crippen LogP contribution in [0.15, 0.2) is 84.6 Å². The molecule has 4 rings (SSSR count). The highest BCUT2D eigenvalue weighted by molar-refractivity contribution is 7.52. The van der Waals surface area contributed by atoms with Gasteiger partial charge in [-0.15, -0.1) is 0 Å². The maximum absolute atomic E-state index is 12.5. The number of allylic oxidation sites excluding steroid dienone is 5. The van der Waals surface area contributed by atoms with E-state index in [1.807, 2.05) is 12.1 Å². The Morgan fingerprint density at radius 1 is 0.930 bits per heavy atom. The zero-order chi connectivity index (χ0) is 31.3. The van der Waals surface area contributed by atoms with Crippen molar-refractivity contribution in [2.45, 2.75) is 77.2 Å². The number of hydrogen-bond donors (Lipinski definition) is 2. The van der Waals surface area contributed by atoms with Gasteiger partial charge in [0, 0.05) is 47.4 Å². The molecule has 0 fully saturated rings. The summed E-state index contributed by atoms with van der Waals surface area (Å²) in [6.07, 6.45) is 13.4. The highest BCUT2D eigenvalue weighted by Gasteiger charge is 2.43. The van der Waals surface area contributed by atoms with E-state index in [0.717, 1.165) is 25.1 Å². The van der Waals surface area contributed by atoms with Crippen LogP contribution < -0.4 is 9.80 Å². The minimum atomic E-state index is -3.65. The highest BCUT2D eigenvalue weighted by Crippen LogP contribution is 2.49. The lowest BCUT2D eigenvalue weighted by Gasteiger charge is -2.32. The summed E-state index contributed by atoms with van der Waals surface area (Å²) in [5.41, 5.74) is 5.72. The van der Waals surface area contributed by atoms with Crippen LogP contribution in [0.25, 0.3) is 0 Å². The third-order valence-electron chi connectivity index (χ3n) is 8.78. The number of rotatable bonds is 14. The van der Waals surface area contributed by atoms with Gasteiger partial charge in [-0.25, -0.2) is 0 Å². The summed E-state index contributed by atoms with van der Waals surface area (Å²) in [6.45, 7) is 12.2. The highest BCUT2D eigenvalue weighted by atomic mass is 31.2. The fourth-order valence-corrected chi connectivity index (χ4v) is 7.56. The van der Waals surface area contributed by atoms with Gasteiger partial charge in [0.05, 0.1) is 18.8 Å². The molecule has 2 heterocycles. The molecule has 0 saturated carbocycles. The van der Waals surface area contributed by atoms with Crippen molar-refractivity contribution in [1.82, 2.24) is 0 Å². The molecule has 0 amide bonds. The molecule has 7 nitrogen and oxygen atoms in total. The summed E-state index contributed by atoms with van der Waals surface area (Å²) >= 11 is 0. The van der Waals surface area contributed by atoms with E-state index in [0.29, 0.717) is 13.0 Å². The van der Waals surface area contributed by atoms with Crippen molar-refractivity contribution in [3.63, 3.8) is 0 Å². The van der Waals surface area contributed by atoms with Gasteiger partial charge in [-0.05, 0) is 49.1 Å². The number of carbonyl (C=O) groups is 1. The van der Waals surface area contributed by atoms with Gasteiger partial charge >= 0.3 is 13.6 Å². The molecule has 43 heavy (non-hydrogen) atoms. The topological polar surface area (TPSA) is 90.3 Å². The van der Waals surface area contributed by atoms with E-state index in [2.05, 4.69) is 104 Å². The Morgan fingerprint density at radius 2 is 1.60 bits per heavy atom. The molecular weight excluding hydrogens is 559 g/mol. The number of aliphatic carboxylic acids is 1. The number of nitrogens with zero attached hydrogens (tertiary/aromatic N) is 2.